The highest BCUT2D eigenvalue weighted by Crippen LogP contribution is 2.36. The molecule has 8 nitrogen and oxygen atoms in total. The van der Waals surface area contributed by atoms with Gasteiger partial charge in [-0.25, -0.2) is 10.3 Å². The van der Waals surface area contributed by atoms with Gasteiger partial charge in [-0.3, -0.25) is 15.3 Å². The number of carbonyl (C=O) groups excluding carboxylic acids is 2. The van der Waals surface area contributed by atoms with E-state index in [0.29, 0.717) is 36.1 Å². The van der Waals surface area contributed by atoms with Crippen LogP contribution in [-0.4, -0.2) is 35.0 Å². The molecule has 0 aromatic heterocycles. The number of aromatic hydroxyl groups is 1. The van der Waals surface area contributed by atoms with Gasteiger partial charge in [0, 0.05) is 33.8 Å². The molecule has 0 radical (unpaired) electrons. The van der Waals surface area contributed by atoms with E-state index in [4.69, 9.17) is 14.7 Å². The second-order valence-corrected chi connectivity index (χ2v) is 8.54. The molecule has 4 N–H and O–H groups in total. The molecule has 0 unspecified atom stereocenters. The molecule has 2 atom stereocenters. The highest BCUT2D eigenvalue weighted by Gasteiger charge is 2.29. The molecule has 0 aliphatic carbocycles. The average molecular weight is 543 g/mol. The molecule has 3 rings (SSSR count). The number of fused-ring (bicyclic) bond motifs is 1. The van der Waals surface area contributed by atoms with E-state index in [-0.39, 0.29) is 5.75 Å². The molecule has 9 heteroatoms. The van der Waals surface area contributed by atoms with Gasteiger partial charge in [-0.1, -0.05) is 52.3 Å². The molecule has 184 valence electrons. The van der Waals surface area contributed by atoms with Gasteiger partial charge in [0.05, 0.1) is 6.10 Å². The number of anilines is 1. The number of phenolic OH excluding ortho intramolecular Hbond substituents is 1. The Morgan fingerprint density at radius 2 is 1.77 bits per heavy atom. The molecule has 0 saturated heterocycles. The van der Waals surface area contributed by atoms with E-state index in [0.717, 1.165) is 9.86 Å². The lowest BCUT2D eigenvalue weighted by Gasteiger charge is -2.28. The number of carbonyl (C=O) groups is 2. The largest absolute Gasteiger partial charge is 0.507 e. The molecule has 0 aliphatic heterocycles. The quantitative estimate of drug-likeness (QED) is 0.145. The standard InChI is InChI=1S/C26H27BrN2O6/c1-2-34-23(9-5-6-10-24(31)29-33)25(35-26(32)28-18-13-11-17(27)12-14-18)21-15-16-22(30)20-8-4-3-7-19(20)21/h3-4,6-8,10-16,23,25,30,33H,2,5,9H2,1H3,(H,28,32)(H,29,31)/b10-6+/t23-,25-/m1/s1. The highest BCUT2D eigenvalue weighted by molar-refractivity contribution is 9.10. The van der Waals surface area contributed by atoms with Gasteiger partial charge in [-0.15, -0.1) is 0 Å². The summed E-state index contributed by atoms with van der Waals surface area (Å²) in [6.45, 7) is 2.21. The van der Waals surface area contributed by atoms with Crippen LogP contribution in [0.5, 0.6) is 5.75 Å². The van der Waals surface area contributed by atoms with Gasteiger partial charge in [0.2, 0.25) is 0 Å². The fourth-order valence-corrected chi connectivity index (χ4v) is 3.98. The number of nitrogens with one attached hydrogen (secondary N) is 2. The summed E-state index contributed by atoms with van der Waals surface area (Å²) in [7, 11) is 0. The summed E-state index contributed by atoms with van der Waals surface area (Å²) in [4.78, 5) is 24.2. The molecule has 0 spiro atoms. The molecule has 0 heterocycles. The van der Waals surface area contributed by atoms with Crippen molar-refractivity contribution in [2.75, 3.05) is 11.9 Å². The van der Waals surface area contributed by atoms with Crippen LogP contribution in [0.15, 0.2) is 77.3 Å². The molecule has 3 aromatic rings. The van der Waals surface area contributed by atoms with Crippen molar-refractivity contribution in [3.63, 3.8) is 0 Å². The average Bonchev–Trinajstić information content (AvgIpc) is 2.86. The van der Waals surface area contributed by atoms with E-state index in [2.05, 4.69) is 21.2 Å². The van der Waals surface area contributed by atoms with Crippen LogP contribution in [0.3, 0.4) is 0 Å². The van der Waals surface area contributed by atoms with Crippen molar-refractivity contribution in [2.24, 2.45) is 0 Å². The van der Waals surface area contributed by atoms with E-state index >= 15 is 0 Å². The van der Waals surface area contributed by atoms with Gasteiger partial charge in [-0.2, -0.15) is 0 Å². The Morgan fingerprint density at radius 3 is 2.46 bits per heavy atom. The topological polar surface area (TPSA) is 117 Å². The van der Waals surface area contributed by atoms with Crippen LogP contribution < -0.4 is 10.8 Å². The van der Waals surface area contributed by atoms with Crippen molar-refractivity contribution >= 4 is 44.4 Å². The molecule has 0 aliphatic rings. The molecular weight excluding hydrogens is 516 g/mol. The maximum atomic E-state index is 12.9. The number of phenols is 1. The van der Waals surface area contributed by atoms with E-state index in [1.54, 1.807) is 54.0 Å². The normalized spacial score (nSPS) is 12.9. The number of benzene rings is 3. The second kappa shape index (κ2) is 12.9. The monoisotopic (exact) mass is 542 g/mol. The van der Waals surface area contributed by atoms with E-state index < -0.39 is 24.2 Å². The second-order valence-electron chi connectivity index (χ2n) is 7.63. The smallest absolute Gasteiger partial charge is 0.412 e. The molecule has 2 amide bonds. The zero-order valence-corrected chi connectivity index (χ0v) is 20.7. The lowest BCUT2D eigenvalue weighted by atomic mass is 9.94. The minimum atomic E-state index is -0.809. The van der Waals surface area contributed by atoms with Crippen LogP contribution in [0.2, 0.25) is 0 Å². The van der Waals surface area contributed by atoms with E-state index in [9.17, 15) is 14.7 Å². The number of hydroxylamine groups is 1. The van der Waals surface area contributed by atoms with Gasteiger partial charge in [0.15, 0.2) is 6.10 Å². The number of halogens is 1. The zero-order chi connectivity index (χ0) is 25.2. The summed E-state index contributed by atoms with van der Waals surface area (Å²) in [6, 6.07) is 17.7. The maximum Gasteiger partial charge on any atom is 0.412 e. The van der Waals surface area contributed by atoms with E-state index in [1.807, 2.05) is 25.1 Å². The van der Waals surface area contributed by atoms with Crippen molar-refractivity contribution in [3.05, 3.63) is 82.9 Å². The van der Waals surface area contributed by atoms with Crippen LogP contribution in [-0.2, 0) is 14.3 Å². The summed E-state index contributed by atoms with van der Waals surface area (Å²) >= 11 is 3.37. The number of ether oxygens (including phenoxy) is 2. The van der Waals surface area contributed by atoms with E-state index in [1.165, 1.54) is 6.08 Å². The Kier molecular flexibility index (Phi) is 9.66. The number of rotatable bonds is 10. The van der Waals surface area contributed by atoms with Crippen molar-refractivity contribution in [3.8, 4) is 5.75 Å². The van der Waals surface area contributed by atoms with Gasteiger partial charge in [-0.05, 0) is 55.5 Å². The maximum absolute atomic E-state index is 12.9. The number of hydrogen-bond acceptors (Lipinski definition) is 6. The SMILES string of the molecule is CCO[C@H](CC/C=C/C(=O)NO)[C@H](OC(=O)Nc1ccc(Br)cc1)c1ccc(O)c2ccccc12. The molecular formula is C26H27BrN2O6. The van der Waals surface area contributed by atoms with Crippen molar-refractivity contribution in [1.82, 2.24) is 5.48 Å². The zero-order valence-electron chi connectivity index (χ0n) is 19.1. The van der Waals surface area contributed by atoms with Gasteiger partial charge >= 0.3 is 6.09 Å². The predicted octanol–water partition coefficient (Wildman–Crippen LogP) is 5.84. The first-order valence-electron chi connectivity index (χ1n) is 11.1. The molecule has 0 fully saturated rings. The third-order valence-electron chi connectivity index (χ3n) is 5.28. The molecule has 0 saturated carbocycles. The minimum absolute atomic E-state index is 0.119. The fourth-order valence-electron chi connectivity index (χ4n) is 3.71. The number of hydrogen-bond donors (Lipinski definition) is 4. The Bertz CT molecular complexity index is 1180. The van der Waals surface area contributed by atoms with Crippen LogP contribution in [0.1, 0.15) is 31.4 Å². The first-order valence-corrected chi connectivity index (χ1v) is 11.9. The molecule has 0 bridgehead atoms. The van der Waals surface area contributed by atoms with Crippen molar-refractivity contribution in [1.29, 1.82) is 0 Å². The first kappa shape index (κ1) is 26.2. The van der Waals surface area contributed by atoms with Gasteiger partial charge in [0.25, 0.3) is 5.91 Å². The first-order chi connectivity index (χ1) is 16.9. The number of amides is 2. The van der Waals surface area contributed by atoms with Crippen LogP contribution in [0.25, 0.3) is 10.8 Å². The minimum Gasteiger partial charge on any atom is -0.507 e. The summed E-state index contributed by atoms with van der Waals surface area (Å²) < 4.78 is 12.8. The lowest BCUT2D eigenvalue weighted by molar-refractivity contribution is -0.124. The fraction of sp³-hybridized carbons (Fsp3) is 0.231. The highest BCUT2D eigenvalue weighted by atomic mass is 79.9. The van der Waals surface area contributed by atoms with Crippen LogP contribution >= 0.6 is 15.9 Å². The summed E-state index contributed by atoms with van der Waals surface area (Å²) in [5.74, 6) is -0.516. The Hall–Kier alpha value is -3.40. The molecule has 3 aromatic carbocycles. The summed E-state index contributed by atoms with van der Waals surface area (Å²) in [5.41, 5.74) is 2.79. The third-order valence-corrected chi connectivity index (χ3v) is 5.81. The van der Waals surface area contributed by atoms with Crippen LogP contribution in [0.4, 0.5) is 10.5 Å². The van der Waals surface area contributed by atoms with Gasteiger partial charge < -0.3 is 14.6 Å². The Morgan fingerprint density at radius 1 is 1.06 bits per heavy atom. The third kappa shape index (κ3) is 7.29. The Balaban J connectivity index is 1.93. The predicted molar refractivity (Wildman–Crippen MR) is 136 cm³/mol. The lowest BCUT2D eigenvalue weighted by Crippen LogP contribution is -2.29. The Labute approximate surface area is 211 Å². The van der Waals surface area contributed by atoms with Crippen molar-refractivity contribution < 1.29 is 29.4 Å². The summed E-state index contributed by atoms with van der Waals surface area (Å²) in [6.07, 6.45) is 1.66. The van der Waals surface area contributed by atoms with Crippen molar-refractivity contribution in [2.45, 2.75) is 32.0 Å². The number of allylic oxidation sites excluding steroid dienone is 1. The van der Waals surface area contributed by atoms with Gasteiger partial charge in [0.1, 0.15) is 5.75 Å². The summed E-state index contributed by atoms with van der Waals surface area (Å²) in [5, 5.41) is 23.1. The molecule has 35 heavy (non-hydrogen) atoms. The van der Waals surface area contributed by atoms with Crippen LogP contribution in [0, 0.1) is 0 Å².